The molecular formula is C12H14O5S. The minimum absolute atomic E-state index is 0.0110. The maximum Gasteiger partial charge on any atom is 0.335 e. The molecular weight excluding hydrogens is 256 g/mol. The molecule has 1 aromatic rings. The number of aromatic carboxylic acids is 1. The maximum atomic E-state index is 12.3. The highest BCUT2D eigenvalue weighted by molar-refractivity contribution is 7.92. The molecule has 1 aliphatic heterocycles. The Kier molecular flexibility index (Phi) is 3.68. The molecule has 0 aromatic heterocycles. The summed E-state index contributed by atoms with van der Waals surface area (Å²) >= 11 is 0. The van der Waals surface area contributed by atoms with Gasteiger partial charge >= 0.3 is 5.97 Å². The van der Waals surface area contributed by atoms with Gasteiger partial charge in [-0.1, -0.05) is 6.07 Å². The van der Waals surface area contributed by atoms with Crippen LogP contribution in [0.4, 0.5) is 0 Å². The lowest BCUT2D eigenvalue weighted by atomic mass is 10.2. The zero-order valence-corrected chi connectivity index (χ0v) is 10.5. The van der Waals surface area contributed by atoms with Crippen molar-refractivity contribution in [3.05, 3.63) is 29.8 Å². The molecule has 1 N–H and O–H groups in total. The van der Waals surface area contributed by atoms with E-state index in [1.807, 2.05) is 0 Å². The second-order valence-corrected chi connectivity index (χ2v) is 6.42. The second-order valence-electron chi connectivity index (χ2n) is 4.19. The van der Waals surface area contributed by atoms with Gasteiger partial charge in [0.2, 0.25) is 0 Å². The van der Waals surface area contributed by atoms with Gasteiger partial charge in [0.05, 0.1) is 15.7 Å². The number of hydrogen-bond acceptors (Lipinski definition) is 4. The quantitative estimate of drug-likeness (QED) is 0.896. The van der Waals surface area contributed by atoms with E-state index in [4.69, 9.17) is 9.84 Å². The van der Waals surface area contributed by atoms with E-state index in [9.17, 15) is 13.2 Å². The molecule has 0 saturated carbocycles. The molecule has 0 bridgehead atoms. The molecule has 0 radical (unpaired) electrons. The lowest BCUT2D eigenvalue weighted by Crippen LogP contribution is -2.29. The van der Waals surface area contributed by atoms with E-state index in [-0.39, 0.29) is 10.5 Å². The van der Waals surface area contributed by atoms with Crippen LogP contribution in [0.25, 0.3) is 0 Å². The Hall–Kier alpha value is -1.40. The molecule has 0 unspecified atom stereocenters. The van der Waals surface area contributed by atoms with Crippen molar-refractivity contribution in [2.75, 3.05) is 13.2 Å². The van der Waals surface area contributed by atoms with E-state index in [0.717, 1.165) is 0 Å². The third-order valence-electron chi connectivity index (χ3n) is 3.02. The fourth-order valence-corrected chi connectivity index (χ4v) is 3.74. The first-order valence-electron chi connectivity index (χ1n) is 5.67. The fraction of sp³-hybridized carbons (Fsp3) is 0.417. The van der Waals surface area contributed by atoms with Gasteiger partial charge in [0.25, 0.3) is 0 Å². The van der Waals surface area contributed by atoms with Gasteiger partial charge in [0, 0.05) is 13.2 Å². The van der Waals surface area contributed by atoms with Gasteiger partial charge in [-0.3, -0.25) is 0 Å². The van der Waals surface area contributed by atoms with Gasteiger partial charge in [-0.05, 0) is 31.0 Å². The van der Waals surface area contributed by atoms with Crippen LogP contribution < -0.4 is 0 Å². The molecule has 0 amide bonds. The molecule has 0 atom stereocenters. The van der Waals surface area contributed by atoms with Crippen LogP contribution in [0.1, 0.15) is 23.2 Å². The third kappa shape index (κ3) is 2.54. The summed E-state index contributed by atoms with van der Waals surface area (Å²) in [7, 11) is -3.46. The van der Waals surface area contributed by atoms with Gasteiger partial charge in [-0.25, -0.2) is 13.2 Å². The van der Waals surface area contributed by atoms with Gasteiger partial charge < -0.3 is 9.84 Å². The van der Waals surface area contributed by atoms with Crippen LogP contribution in [0.2, 0.25) is 0 Å². The minimum Gasteiger partial charge on any atom is -0.478 e. The summed E-state index contributed by atoms with van der Waals surface area (Å²) in [6.45, 7) is 0.866. The van der Waals surface area contributed by atoms with E-state index in [1.54, 1.807) is 0 Å². The average Bonchev–Trinajstić information content (AvgIpc) is 2.40. The van der Waals surface area contributed by atoms with Crippen LogP contribution in [-0.2, 0) is 14.6 Å². The predicted octanol–water partition coefficient (Wildman–Crippen LogP) is 1.34. The second kappa shape index (κ2) is 5.07. The van der Waals surface area contributed by atoms with E-state index in [2.05, 4.69) is 0 Å². The molecule has 1 aliphatic rings. The molecule has 18 heavy (non-hydrogen) atoms. The number of hydrogen-bond donors (Lipinski definition) is 1. The Morgan fingerprint density at radius 3 is 2.56 bits per heavy atom. The standard InChI is InChI=1S/C12H14O5S/c13-12(14)9-2-1-3-11(8-9)18(15,16)10-4-6-17-7-5-10/h1-3,8,10H,4-7H2,(H,13,14). The number of ether oxygens (including phenoxy) is 1. The van der Waals surface area contributed by atoms with E-state index in [0.29, 0.717) is 26.1 Å². The van der Waals surface area contributed by atoms with Crippen LogP contribution in [0.5, 0.6) is 0 Å². The first-order chi connectivity index (χ1) is 8.51. The molecule has 1 saturated heterocycles. The highest BCUT2D eigenvalue weighted by Crippen LogP contribution is 2.24. The van der Waals surface area contributed by atoms with Crippen LogP contribution in [-0.4, -0.2) is 38.0 Å². The number of sulfone groups is 1. The molecule has 0 spiro atoms. The molecule has 1 aromatic carbocycles. The number of carbonyl (C=O) groups is 1. The molecule has 1 heterocycles. The van der Waals surface area contributed by atoms with Crippen molar-refractivity contribution >= 4 is 15.8 Å². The summed E-state index contributed by atoms with van der Waals surface area (Å²) in [6.07, 6.45) is 0.916. The van der Waals surface area contributed by atoms with Crippen molar-refractivity contribution < 1.29 is 23.1 Å². The molecule has 2 rings (SSSR count). The number of benzene rings is 1. The summed E-state index contributed by atoms with van der Waals surface area (Å²) in [4.78, 5) is 10.9. The minimum atomic E-state index is -3.46. The summed E-state index contributed by atoms with van der Waals surface area (Å²) in [5.74, 6) is -1.13. The predicted molar refractivity (Wildman–Crippen MR) is 64.4 cm³/mol. The number of carboxylic acids is 1. The van der Waals surface area contributed by atoms with Crippen molar-refractivity contribution in [1.29, 1.82) is 0 Å². The Morgan fingerprint density at radius 2 is 1.94 bits per heavy atom. The summed E-state index contributed by atoms with van der Waals surface area (Å²) in [5.41, 5.74) is -0.0110. The molecule has 1 fully saturated rings. The zero-order chi connectivity index (χ0) is 13.2. The van der Waals surface area contributed by atoms with Gasteiger partial charge in [-0.15, -0.1) is 0 Å². The normalized spacial score (nSPS) is 17.6. The van der Waals surface area contributed by atoms with Crippen molar-refractivity contribution in [2.45, 2.75) is 23.0 Å². The fourth-order valence-electron chi connectivity index (χ4n) is 1.98. The van der Waals surface area contributed by atoms with Gasteiger partial charge in [-0.2, -0.15) is 0 Å². The smallest absolute Gasteiger partial charge is 0.335 e. The van der Waals surface area contributed by atoms with E-state index in [1.165, 1.54) is 24.3 Å². The number of rotatable bonds is 3. The highest BCUT2D eigenvalue weighted by atomic mass is 32.2. The Morgan fingerprint density at radius 1 is 1.28 bits per heavy atom. The third-order valence-corrected chi connectivity index (χ3v) is 5.28. The number of carboxylic acid groups (broad SMARTS) is 1. The van der Waals surface area contributed by atoms with E-state index >= 15 is 0 Å². The zero-order valence-electron chi connectivity index (χ0n) is 9.70. The Labute approximate surface area is 105 Å². The first-order valence-corrected chi connectivity index (χ1v) is 7.21. The van der Waals surface area contributed by atoms with Crippen molar-refractivity contribution in [2.24, 2.45) is 0 Å². The van der Waals surface area contributed by atoms with Crippen LogP contribution >= 0.6 is 0 Å². The summed E-state index contributed by atoms with van der Waals surface area (Å²) < 4.78 is 29.8. The van der Waals surface area contributed by atoms with Crippen LogP contribution in [0.15, 0.2) is 29.2 Å². The molecule has 5 nitrogen and oxygen atoms in total. The van der Waals surface area contributed by atoms with Crippen molar-refractivity contribution in [1.82, 2.24) is 0 Å². The Bertz CT molecular complexity index is 543. The first kappa shape index (κ1) is 13.0. The van der Waals surface area contributed by atoms with Crippen LogP contribution in [0.3, 0.4) is 0 Å². The summed E-state index contributed by atoms with van der Waals surface area (Å²) in [6, 6.07) is 5.49. The highest BCUT2D eigenvalue weighted by Gasteiger charge is 2.29. The van der Waals surface area contributed by atoms with Crippen molar-refractivity contribution in [3.8, 4) is 0 Å². The topological polar surface area (TPSA) is 80.7 Å². The van der Waals surface area contributed by atoms with Crippen molar-refractivity contribution in [3.63, 3.8) is 0 Å². The monoisotopic (exact) mass is 270 g/mol. The van der Waals surface area contributed by atoms with Gasteiger partial charge in [0.1, 0.15) is 0 Å². The Balaban J connectivity index is 2.34. The largest absolute Gasteiger partial charge is 0.478 e. The van der Waals surface area contributed by atoms with Crippen LogP contribution in [0, 0.1) is 0 Å². The average molecular weight is 270 g/mol. The lowest BCUT2D eigenvalue weighted by Gasteiger charge is -2.22. The molecule has 98 valence electrons. The molecule has 0 aliphatic carbocycles. The SMILES string of the molecule is O=C(O)c1cccc(S(=O)(=O)C2CCOCC2)c1. The molecule has 6 heteroatoms. The summed E-state index contributed by atoms with van der Waals surface area (Å²) in [5, 5.41) is 8.39. The lowest BCUT2D eigenvalue weighted by molar-refractivity contribution is 0.0696. The van der Waals surface area contributed by atoms with Gasteiger partial charge in [0.15, 0.2) is 9.84 Å². The van der Waals surface area contributed by atoms with E-state index < -0.39 is 21.1 Å². The maximum absolute atomic E-state index is 12.3.